The Morgan fingerprint density at radius 1 is 0.900 bits per heavy atom. The molecule has 0 N–H and O–H groups in total. The fourth-order valence-corrected chi connectivity index (χ4v) is 2.32. The van der Waals surface area contributed by atoms with E-state index < -0.39 is 36.3 Å². The van der Waals surface area contributed by atoms with E-state index in [1.165, 1.54) is 6.92 Å². The summed E-state index contributed by atoms with van der Waals surface area (Å²) in [6, 6.07) is -4.86. The van der Waals surface area contributed by atoms with Crippen molar-refractivity contribution in [2.45, 2.75) is 24.2 Å². The van der Waals surface area contributed by atoms with Crippen molar-refractivity contribution in [2.24, 2.45) is 0 Å². The first-order valence-corrected chi connectivity index (χ1v) is 4.91. The lowest BCUT2D eigenvalue weighted by Gasteiger charge is -2.05. The zero-order valence-electron chi connectivity index (χ0n) is 5.24. The average Bonchev–Trinajstić information content (AvgIpc) is 1.58. The third-order valence-electron chi connectivity index (χ3n) is 0.752. The third kappa shape index (κ3) is 6.28. The molecule has 4 radical (unpaired) electrons. The minimum Gasteiger partial charge on any atom is -0.216 e. The highest BCUT2D eigenvalue weighted by atomic mass is 28.3. The van der Waals surface area contributed by atoms with Gasteiger partial charge in [-0.05, 0) is 5.16 Å². The second kappa shape index (κ2) is 4.89. The Labute approximate surface area is 61.6 Å². The van der Waals surface area contributed by atoms with Crippen molar-refractivity contribution in [1.82, 2.24) is 0 Å². The van der Waals surface area contributed by atoms with Crippen molar-refractivity contribution in [3.8, 4) is 0 Å². The highest BCUT2D eigenvalue weighted by Crippen LogP contribution is 2.07. The first kappa shape index (κ1) is 10.2. The van der Waals surface area contributed by atoms with E-state index in [4.69, 9.17) is 0 Å². The molecule has 0 bridgehead atoms. The van der Waals surface area contributed by atoms with Gasteiger partial charge in [0.05, 0.1) is 0 Å². The van der Waals surface area contributed by atoms with Crippen LogP contribution in [0.2, 0.25) is 5.16 Å². The summed E-state index contributed by atoms with van der Waals surface area (Å²) in [5, 5.41) is -0.528. The summed E-state index contributed by atoms with van der Waals surface area (Å²) in [4.78, 5) is 0. The van der Waals surface area contributed by atoms with E-state index in [9.17, 15) is 17.6 Å². The molecule has 0 rings (SSSR count). The van der Waals surface area contributed by atoms with Crippen LogP contribution in [0.1, 0.15) is 6.92 Å². The van der Waals surface area contributed by atoms with Crippen LogP contribution < -0.4 is 0 Å². The van der Waals surface area contributed by atoms with Gasteiger partial charge in [0, 0.05) is 0 Å². The van der Waals surface area contributed by atoms with Crippen molar-refractivity contribution in [3.63, 3.8) is 0 Å². The number of hydrogen-bond donors (Lipinski definition) is 0. The van der Waals surface area contributed by atoms with Crippen molar-refractivity contribution in [1.29, 1.82) is 0 Å². The van der Waals surface area contributed by atoms with E-state index in [0.717, 1.165) is 0 Å². The van der Waals surface area contributed by atoms with Gasteiger partial charge in [0.15, 0.2) is 0 Å². The molecular weight excluding hydrogens is 180 g/mol. The normalized spacial score (nSPS) is 12.0. The van der Waals surface area contributed by atoms with E-state index >= 15 is 0 Å². The molecule has 0 amide bonds. The van der Waals surface area contributed by atoms with E-state index in [-0.39, 0.29) is 0 Å². The van der Waals surface area contributed by atoms with Gasteiger partial charge in [-0.2, -0.15) is 0 Å². The summed E-state index contributed by atoms with van der Waals surface area (Å²) in [5.74, 6) is 0. The quantitative estimate of drug-likeness (QED) is 0.462. The van der Waals surface area contributed by atoms with Crippen molar-refractivity contribution >= 4 is 19.0 Å². The highest BCUT2D eigenvalue weighted by Gasteiger charge is 2.17. The Bertz CT molecular complexity index is 77.3. The average molecular weight is 186 g/mol. The van der Waals surface area contributed by atoms with Gasteiger partial charge in [0.25, 0.3) is 0 Å². The first-order chi connectivity index (χ1) is 4.52. The van der Waals surface area contributed by atoms with Crippen LogP contribution >= 0.6 is 0 Å². The Morgan fingerprint density at radius 2 is 1.20 bits per heavy atom. The molecule has 0 spiro atoms. The maximum absolute atomic E-state index is 11.5. The van der Waals surface area contributed by atoms with Gasteiger partial charge in [-0.25, -0.2) is 17.6 Å². The van der Waals surface area contributed by atoms with Crippen LogP contribution in [0, 0.1) is 0 Å². The minimum absolute atomic E-state index is 0.528. The summed E-state index contributed by atoms with van der Waals surface area (Å²) in [5.41, 5.74) is 0. The first-order valence-electron chi connectivity index (χ1n) is 2.60. The monoisotopic (exact) mass is 186 g/mol. The van der Waals surface area contributed by atoms with Crippen molar-refractivity contribution < 1.29 is 17.6 Å². The van der Waals surface area contributed by atoms with Gasteiger partial charge >= 0.3 is 0 Å². The highest BCUT2D eigenvalue weighted by molar-refractivity contribution is 6.59. The lowest BCUT2D eigenvalue weighted by Crippen LogP contribution is -2.20. The zero-order chi connectivity index (χ0) is 8.15. The molecule has 10 heavy (non-hydrogen) atoms. The molecule has 0 aromatic carbocycles. The number of hydrogen-bond acceptors (Lipinski definition) is 0. The molecule has 0 atom stereocenters. The topological polar surface area (TPSA) is 0 Å². The molecule has 0 fully saturated rings. The number of rotatable bonds is 4. The van der Waals surface area contributed by atoms with Crippen LogP contribution in [0.25, 0.3) is 0 Å². The molecule has 0 heterocycles. The van der Waals surface area contributed by atoms with E-state index in [1.807, 2.05) is 0 Å². The van der Waals surface area contributed by atoms with Crippen LogP contribution in [-0.2, 0) is 0 Å². The number of halogens is 4. The van der Waals surface area contributed by atoms with Gasteiger partial charge in [0.2, 0.25) is 12.1 Å². The Hall–Kier alpha value is 0.154. The Balaban J connectivity index is 3.34. The second-order valence-electron chi connectivity index (χ2n) is 1.66. The van der Waals surface area contributed by atoms with Crippen LogP contribution in [0.4, 0.5) is 17.6 Å². The smallest absolute Gasteiger partial charge is 0.216 e. The van der Waals surface area contributed by atoms with Crippen molar-refractivity contribution in [3.05, 3.63) is 0 Å². The molecule has 0 nitrogen and oxygen atoms in total. The predicted octanol–water partition coefficient (Wildman–Crippen LogP) is 1.61. The van der Waals surface area contributed by atoms with E-state index in [2.05, 4.69) is 0 Å². The molecule has 0 unspecified atom stereocenters. The summed E-state index contributed by atoms with van der Waals surface area (Å²) in [6.45, 7) is 1.43. The summed E-state index contributed by atoms with van der Waals surface area (Å²) >= 11 is 0. The van der Waals surface area contributed by atoms with Gasteiger partial charge in [-0.3, -0.25) is 0 Å². The SMILES string of the molecule is CC([Si]C(F)F)[Si]C(F)F. The predicted molar refractivity (Wildman–Crippen MR) is 32.9 cm³/mol. The van der Waals surface area contributed by atoms with E-state index in [0.29, 0.717) is 0 Å². The molecule has 0 aromatic rings. The largest absolute Gasteiger partial charge is 0.216 e. The van der Waals surface area contributed by atoms with Crippen molar-refractivity contribution in [2.75, 3.05) is 0 Å². The maximum Gasteiger partial charge on any atom is 0.216 e. The summed E-state index contributed by atoms with van der Waals surface area (Å²) in [7, 11) is -1.29. The van der Waals surface area contributed by atoms with Crippen LogP contribution in [-0.4, -0.2) is 31.1 Å². The molecular formula is C4H6F4Si2. The minimum atomic E-state index is -2.43. The van der Waals surface area contributed by atoms with Crippen LogP contribution in [0.3, 0.4) is 0 Å². The molecule has 0 aliphatic rings. The third-order valence-corrected chi connectivity index (χ3v) is 3.26. The molecule has 58 valence electrons. The van der Waals surface area contributed by atoms with Crippen LogP contribution in [0.5, 0.6) is 0 Å². The summed E-state index contributed by atoms with van der Waals surface area (Å²) in [6.07, 6.45) is 0. The second-order valence-corrected chi connectivity index (χ2v) is 5.51. The molecule has 0 aromatic heterocycles. The molecule has 0 aliphatic carbocycles. The lowest BCUT2D eigenvalue weighted by atomic mass is 10.9. The zero-order valence-corrected chi connectivity index (χ0v) is 7.24. The lowest BCUT2D eigenvalue weighted by molar-refractivity contribution is 0.232. The molecule has 6 heteroatoms. The molecule has 0 aliphatic heterocycles. The Morgan fingerprint density at radius 3 is 1.40 bits per heavy atom. The molecule has 0 saturated heterocycles. The fraction of sp³-hybridized carbons (Fsp3) is 1.00. The Kier molecular flexibility index (Phi) is 4.97. The number of alkyl halides is 4. The van der Waals surface area contributed by atoms with Gasteiger partial charge in [-0.1, -0.05) is 6.92 Å². The van der Waals surface area contributed by atoms with Gasteiger partial charge in [0.1, 0.15) is 19.0 Å². The van der Waals surface area contributed by atoms with E-state index in [1.54, 1.807) is 0 Å². The maximum atomic E-state index is 11.5. The standard InChI is InChI=1S/C4H6F4Si2/c1-2(9-3(5)6)10-4(7)8/h2-4H,1H3. The molecule has 0 saturated carbocycles. The summed E-state index contributed by atoms with van der Waals surface area (Å²) < 4.78 is 46.0. The van der Waals surface area contributed by atoms with Crippen LogP contribution in [0.15, 0.2) is 0 Å². The fourth-order valence-electron chi connectivity index (χ4n) is 0.426. The van der Waals surface area contributed by atoms with Gasteiger partial charge < -0.3 is 0 Å². The van der Waals surface area contributed by atoms with Gasteiger partial charge in [-0.15, -0.1) is 0 Å².